The maximum Gasteiger partial charge on any atom is 0.305 e. The van der Waals surface area contributed by atoms with Gasteiger partial charge in [0.25, 0.3) is 5.91 Å². The summed E-state index contributed by atoms with van der Waals surface area (Å²) in [5.41, 5.74) is 5.64. The summed E-state index contributed by atoms with van der Waals surface area (Å²) in [5, 5.41) is 0. The summed E-state index contributed by atoms with van der Waals surface area (Å²) in [6.07, 6.45) is 2.55. The van der Waals surface area contributed by atoms with Gasteiger partial charge in [0.2, 0.25) is 0 Å². The molecule has 0 saturated heterocycles. The minimum atomic E-state index is -0.516. The molecule has 2 N–H and O–H groups in total. The maximum absolute atomic E-state index is 11.2. The number of ether oxygens (including phenoxy) is 1. The van der Waals surface area contributed by atoms with Crippen LogP contribution in [-0.4, -0.2) is 37.6 Å². The van der Waals surface area contributed by atoms with Gasteiger partial charge in [-0.25, -0.2) is 4.98 Å². The number of nitrogens with zero attached hydrogens (tertiary/aromatic N) is 2. The van der Waals surface area contributed by atoms with E-state index in [4.69, 9.17) is 5.73 Å². The normalized spacial score (nSPS) is 9.89. The Labute approximate surface area is 106 Å². The molecule has 0 bridgehead atoms. The minimum Gasteiger partial charge on any atom is -0.469 e. The summed E-state index contributed by atoms with van der Waals surface area (Å²) in [4.78, 5) is 28.1. The van der Waals surface area contributed by atoms with Gasteiger partial charge in [0.1, 0.15) is 5.82 Å². The van der Waals surface area contributed by atoms with Crippen molar-refractivity contribution in [3.63, 3.8) is 0 Å². The molecule has 0 aliphatic heterocycles. The van der Waals surface area contributed by atoms with Gasteiger partial charge in [0, 0.05) is 26.2 Å². The van der Waals surface area contributed by atoms with Crippen molar-refractivity contribution in [1.29, 1.82) is 0 Å². The molecule has 6 nitrogen and oxygen atoms in total. The second-order valence-corrected chi connectivity index (χ2v) is 3.84. The SMILES string of the molecule is COC(=O)CCCN(C)c1ncccc1C(N)=O. The highest BCUT2D eigenvalue weighted by molar-refractivity contribution is 5.97. The smallest absolute Gasteiger partial charge is 0.305 e. The second kappa shape index (κ2) is 6.58. The lowest BCUT2D eigenvalue weighted by molar-refractivity contribution is -0.140. The minimum absolute atomic E-state index is 0.250. The van der Waals surface area contributed by atoms with Crippen molar-refractivity contribution < 1.29 is 14.3 Å². The third kappa shape index (κ3) is 3.73. The summed E-state index contributed by atoms with van der Waals surface area (Å²) >= 11 is 0. The van der Waals surface area contributed by atoms with E-state index in [1.165, 1.54) is 7.11 Å². The predicted octanol–water partition coefficient (Wildman–Crippen LogP) is 0.570. The molecule has 0 aliphatic rings. The molecule has 1 aromatic rings. The Morgan fingerprint density at radius 2 is 2.22 bits per heavy atom. The van der Waals surface area contributed by atoms with E-state index in [1.54, 1.807) is 30.3 Å². The van der Waals surface area contributed by atoms with E-state index < -0.39 is 5.91 Å². The van der Waals surface area contributed by atoms with Crippen LogP contribution in [0.3, 0.4) is 0 Å². The van der Waals surface area contributed by atoms with Crippen molar-refractivity contribution in [2.45, 2.75) is 12.8 Å². The molecule has 98 valence electrons. The van der Waals surface area contributed by atoms with Crippen molar-refractivity contribution in [3.8, 4) is 0 Å². The summed E-state index contributed by atoms with van der Waals surface area (Å²) in [7, 11) is 3.15. The molecule has 1 aromatic heterocycles. The van der Waals surface area contributed by atoms with Crippen LogP contribution in [0.5, 0.6) is 0 Å². The van der Waals surface area contributed by atoms with Crippen LogP contribution in [-0.2, 0) is 9.53 Å². The molecule has 1 heterocycles. The van der Waals surface area contributed by atoms with Gasteiger partial charge in [-0.05, 0) is 18.6 Å². The predicted molar refractivity (Wildman–Crippen MR) is 67.3 cm³/mol. The van der Waals surface area contributed by atoms with Crippen molar-refractivity contribution >= 4 is 17.7 Å². The van der Waals surface area contributed by atoms with E-state index in [0.29, 0.717) is 30.8 Å². The van der Waals surface area contributed by atoms with E-state index in [-0.39, 0.29) is 5.97 Å². The molecule has 1 amide bonds. The van der Waals surface area contributed by atoms with Crippen LogP contribution in [0, 0.1) is 0 Å². The quantitative estimate of drug-likeness (QED) is 0.747. The fourth-order valence-corrected chi connectivity index (χ4v) is 1.56. The zero-order valence-electron chi connectivity index (χ0n) is 10.5. The van der Waals surface area contributed by atoms with Crippen LogP contribution < -0.4 is 10.6 Å². The van der Waals surface area contributed by atoms with Gasteiger partial charge in [0.05, 0.1) is 12.7 Å². The Bertz CT molecular complexity index is 434. The molecule has 0 aromatic carbocycles. The number of pyridine rings is 1. The zero-order valence-corrected chi connectivity index (χ0v) is 10.5. The van der Waals surface area contributed by atoms with E-state index in [2.05, 4.69) is 9.72 Å². The topological polar surface area (TPSA) is 85.5 Å². The first-order valence-electron chi connectivity index (χ1n) is 5.59. The van der Waals surface area contributed by atoms with Crippen molar-refractivity contribution in [2.75, 3.05) is 25.6 Å². The van der Waals surface area contributed by atoms with Gasteiger partial charge in [-0.15, -0.1) is 0 Å². The highest BCUT2D eigenvalue weighted by atomic mass is 16.5. The Kier molecular flexibility index (Phi) is 5.10. The number of primary amides is 1. The Balaban J connectivity index is 2.64. The zero-order chi connectivity index (χ0) is 13.5. The first-order chi connectivity index (χ1) is 8.56. The Hall–Kier alpha value is -2.11. The molecule has 0 aliphatic carbocycles. The van der Waals surface area contributed by atoms with Crippen LogP contribution in [0.15, 0.2) is 18.3 Å². The number of hydrogen-bond acceptors (Lipinski definition) is 5. The fourth-order valence-electron chi connectivity index (χ4n) is 1.56. The maximum atomic E-state index is 11.2. The number of rotatable bonds is 6. The third-order valence-electron chi connectivity index (χ3n) is 2.52. The molecular weight excluding hydrogens is 234 g/mol. The van der Waals surface area contributed by atoms with Crippen LogP contribution in [0.4, 0.5) is 5.82 Å². The largest absolute Gasteiger partial charge is 0.469 e. The van der Waals surface area contributed by atoms with Gasteiger partial charge >= 0.3 is 5.97 Å². The number of aromatic nitrogens is 1. The Morgan fingerprint density at radius 1 is 1.50 bits per heavy atom. The number of carbonyl (C=O) groups excluding carboxylic acids is 2. The molecule has 0 radical (unpaired) electrons. The number of methoxy groups -OCH3 is 1. The standard InChI is InChI=1S/C12H17N3O3/c1-15(8-4-6-10(16)18-2)12-9(11(13)17)5-3-7-14-12/h3,5,7H,4,6,8H2,1-2H3,(H2,13,17). The lowest BCUT2D eigenvalue weighted by Gasteiger charge is -2.19. The molecule has 18 heavy (non-hydrogen) atoms. The monoisotopic (exact) mass is 251 g/mol. The molecule has 0 unspecified atom stereocenters. The second-order valence-electron chi connectivity index (χ2n) is 3.84. The Morgan fingerprint density at radius 3 is 2.83 bits per heavy atom. The first-order valence-corrected chi connectivity index (χ1v) is 5.59. The lowest BCUT2D eigenvalue weighted by atomic mass is 10.2. The lowest BCUT2D eigenvalue weighted by Crippen LogP contribution is -2.25. The van der Waals surface area contributed by atoms with E-state index in [0.717, 1.165) is 0 Å². The van der Waals surface area contributed by atoms with Crippen LogP contribution in [0.1, 0.15) is 23.2 Å². The van der Waals surface area contributed by atoms with Crippen molar-refractivity contribution in [2.24, 2.45) is 5.73 Å². The van der Waals surface area contributed by atoms with Gasteiger partial charge in [-0.2, -0.15) is 0 Å². The van der Waals surface area contributed by atoms with E-state index in [1.807, 2.05) is 0 Å². The van der Waals surface area contributed by atoms with Crippen molar-refractivity contribution in [3.05, 3.63) is 23.9 Å². The van der Waals surface area contributed by atoms with Crippen molar-refractivity contribution in [1.82, 2.24) is 4.98 Å². The molecule has 6 heteroatoms. The third-order valence-corrected chi connectivity index (χ3v) is 2.52. The average molecular weight is 251 g/mol. The van der Waals surface area contributed by atoms with E-state index in [9.17, 15) is 9.59 Å². The summed E-state index contributed by atoms with van der Waals surface area (Å²) in [6, 6.07) is 3.29. The number of esters is 1. The summed E-state index contributed by atoms with van der Waals surface area (Å²) < 4.78 is 4.55. The number of nitrogens with two attached hydrogens (primary N) is 1. The summed E-state index contributed by atoms with van der Waals surface area (Å²) in [6.45, 7) is 0.590. The van der Waals surface area contributed by atoms with Crippen LogP contribution >= 0.6 is 0 Å². The van der Waals surface area contributed by atoms with Crippen LogP contribution in [0.25, 0.3) is 0 Å². The highest BCUT2D eigenvalue weighted by Crippen LogP contribution is 2.15. The molecule has 1 rings (SSSR count). The number of carbonyl (C=O) groups is 2. The van der Waals surface area contributed by atoms with Crippen LogP contribution in [0.2, 0.25) is 0 Å². The fraction of sp³-hybridized carbons (Fsp3) is 0.417. The summed E-state index contributed by atoms with van der Waals surface area (Å²) in [5.74, 6) is -0.243. The molecule has 0 fully saturated rings. The molecular formula is C12H17N3O3. The van der Waals surface area contributed by atoms with Gasteiger partial charge in [-0.1, -0.05) is 0 Å². The molecule has 0 spiro atoms. The molecule has 0 saturated carbocycles. The van der Waals surface area contributed by atoms with Gasteiger partial charge < -0.3 is 15.4 Å². The van der Waals surface area contributed by atoms with Gasteiger partial charge in [0.15, 0.2) is 0 Å². The number of amides is 1. The highest BCUT2D eigenvalue weighted by Gasteiger charge is 2.12. The number of anilines is 1. The number of hydrogen-bond donors (Lipinski definition) is 1. The average Bonchev–Trinajstić information content (AvgIpc) is 2.38. The van der Waals surface area contributed by atoms with Gasteiger partial charge in [-0.3, -0.25) is 9.59 Å². The molecule has 0 atom stereocenters. The van der Waals surface area contributed by atoms with E-state index >= 15 is 0 Å². The first kappa shape index (κ1) is 14.0.